The molecule has 0 saturated heterocycles. The summed E-state index contributed by atoms with van der Waals surface area (Å²) >= 11 is 13.5. The fourth-order valence-corrected chi connectivity index (χ4v) is 4.41. The summed E-state index contributed by atoms with van der Waals surface area (Å²) in [5.41, 5.74) is 2.77. The molecule has 5 rings (SSSR count). The van der Waals surface area contributed by atoms with Crippen LogP contribution in [0.5, 0.6) is 0 Å². The lowest BCUT2D eigenvalue weighted by Crippen LogP contribution is -2.32. The first-order valence-corrected chi connectivity index (χ1v) is 10.7. The van der Waals surface area contributed by atoms with Crippen LogP contribution in [0.1, 0.15) is 11.1 Å². The fourth-order valence-electron chi connectivity index (χ4n) is 3.18. The number of carbonyl (C=O) groups excluding carboxylic acids is 1. The van der Waals surface area contributed by atoms with E-state index in [-0.39, 0.29) is 5.91 Å². The summed E-state index contributed by atoms with van der Waals surface area (Å²) < 4.78 is 0.949. The average molecular weight is 450 g/mol. The molecule has 0 saturated carbocycles. The molecule has 3 aromatic carbocycles. The van der Waals surface area contributed by atoms with E-state index in [1.807, 2.05) is 54.6 Å². The van der Waals surface area contributed by atoms with Crippen LogP contribution in [0.2, 0.25) is 10.0 Å². The van der Waals surface area contributed by atoms with Crippen LogP contribution in [-0.2, 0) is 4.79 Å². The van der Waals surface area contributed by atoms with E-state index in [2.05, 4.69) is 9.98 Å². The first-order valence-electron chi connectivity index (χ1n) is 9.10. The number of fused-ring (bicyclic) bond motifs is 1. The first-order chi connectivity index (χ1) is 14.6. The molecule has 0 bridgehead atoms. The average Bonchev–Trinajstić information content (AvgIpc) is 3.30. The van der Waals surface area contributed by atoms with Crippen molar-refractivity contribution < 1.29 is 4.79 Å². The number of hydrogen-bond donors (Lipinski definition) is 0. The van der Waals surface area contributed by atoms with Crippen LogP contribution in [0.4, 0.5) is 5.13 Å². The van der Waals surface area contributed by atoms with E-state index < -0.39 is 0 Å². The number of aromatic nitrogens is 1. The Hall–Kier alpha value is -2.99. The van der Waals surface area contributed by atoms with E-state index >= 15 is 0 Å². The van der Waals surface area contributed by atoms with Crippen molar-refractivity contribution in [1.82, 2.24) is 4.98 Å². The second-order valence-electron chi connectivity index (χ2n) is 6.63. The Morgan fingerprint density at radius 3 is 2.40 bits per heavy atom. The van der Waals surface area contributed by atoms with E-state index in [0.29, 0.717) is 26.7 Å². The zero-order chi connectivity index (χ0) is 20.7. The predicted molar refractivity (Wildman–Crippen MR) is 125 cm³/mol. The summed E-state index contributed by atoms with van der Waals surface area (Å²) in [6, 6.07) is 22.4. The summed E-state index contributed by atoms with van der Waals surface area (Å²) in [6.07, 6.45) is 1.76. The molecule has 7 heteroatoms. The third kappa shape index (κ3) is 3.52. The highest BCUT2D eigenvalue weighted by molar-refractivity contribution is 7.22. The van der Waals surface area contributed by atoms with Crippen LogP contribution >= 0.6 is 34.5 Å². The maximum atomic E-state index is 13.4. The van der Waals surface area contributed by atoms with Crippen molar-refractivity contribution >= 4 is 67.7 Å². The van der Waals surface area contributed by atoms with Crippen molar-refractivity contribution in [2.45, 2.75) is 0 Å². The van der Waals surface area contributed by atoms with Gasteiger partial charge in [0.15, 0.2) is 5.13 Å². The predicted octanol–water partition coefficient (Wildman–Crippen LogP) is 6.44. The zero-order valence-corrected chi connectivity index (χ0v) is 17.7. The highest BCUT2D eigenvalue weighted by Gasteiger charge is 2.34. The summed E-state index contributed by atoms with van der Waals surface area (Å²) in [7, 11) is 0. The molecule has 0 spiro atoms. The van der Waals surface area contributed by atoms with Crippen molar-refractivity contribution in [3.8, 4) is 0 Å². The number of aliphatic imine (C=N–C) groups is 1. The van der Waals surface area contributed by atoms with E-state index in [4.69, 9.17) is 23.2 Å². The molecule has 4 nitrogen and oxygen atoms in total. The lowest BCUT2D eigenvalue weighted by molar-refractivity contribution is -0.113. The monoisotopic (exact) mass is 449 g/mol. The molecule has 0 aliphatic carbocycles. The van der Waals surface area contributed by atoms with E-state index in [9.17, 15) is 4.79 Å². The number of halogens is 2. The first kappa shape index (κ1) is 19.0. The second-order valence-corrected chi connectivity index (χ2v) is 8.51. The molecule has 1 amide bonds. The lowest BCUT2D eigenvalue weighted by atomic mass is 10.2. The number of carbonyl (C=O) groups is 1. The van der Waals surface area contributed by atoms with Gasteiger partial charge in [-0.15, -0.1) is 0 Å². The lowest BCUT2D eigenvalue weighted by Gasteiger charge is -2.14. The van der Waals surface area contributed by atoms with Gasteiger partial charge in [0, 0.05) is 15.6 Å². The van der Waals surface area contributed by atoms with Gasteiger partial charge in [0.1, 0.15) is 11.5 Å². The smallest absolute Gasteiger partial charge is 0.266 e. The number of benzene rings is 3. The molecule has 146 valence electrons. The zero-order valence-electron chi connectivity index (χ0n) is 15.4. The number of hydrogen-bond acceptors (Lipinski definition) is 4. The van der Waals surface area contributed by atoms with Gasteiger partial charge in [0.25, 0.3) is 5.91 Å². The van der Waals surface area contributed by atoms with Crippen LogP contribution in [0.15, 0.2) is 83.5 Å². The molecule has 0 N–H and O–H groups in total. The van der Waals surface area contributed by atoms with Crippen molar-refractivity contribution in [3.63, 3.8) is 0 Å². The molecule has 0 fully saturated rings. The van der Waals surface area contributed by atoms with Gasteiger partial charge >= 0.3 is 0 Å². The number of thiazole rings is 1. The molecule has 1 aliphatic rings. The molecule has 4 aromatic rings. The van der Waals surface area contributed by atoms with Crippen LogP contribution < -0.4 is 4.90 Å². The molecule has 1 aromatic heterocycles. The molecule has 0 unspecified atom stereocenters. The van der Waals surface area contributed by atoms with Gasteiger partial charge in [-0.2, -0.15) is 0 Å². The van der Waals surface area contributed by atoms with Crippen LogP contribution in [0, 0.1) is 0 Å². The number of anilines is 1. The Balaban J connectivity index is 1.63. The van der Waals surface area contributed by atoms with Gasteiger partial charge < -0.3 is 0 Å². The van der Waals surface area contributed by atoms with Crippen LogP contribution in [0.3, 0.4) is 0 Å². The SMILES string of the molecule is O=C1/C(=C/c2ccc(Cl)cc2)N=C(c2ccccc2)N1c1nc2cc(Cl)ccc2s1. The van der Waals surface area contributed by atoms with Crippen LogP contribution in [-0.4, -0.2) is 16.7 Å². The topological polar surface area (TPSA) is 45.6 Å². The van der Waals surface area contributed by atoms with Gasteiger partial charge in [0.2, 0.25) is 0 Å². The molecule has 0 atom stereocenters. The van der Waals surface area contributed by atoms with Gasteiger partial charge in [-0.25, -0.2) is 14.9 Å². The summed E-state index contributed by atoms with van der Waals surface area (Å²) in [4.78, 5) is 24.2. The Labute approximate surface area is 186 Å². The summed E-state index contributed by atoms with van der Waals surface area (Å²) in [5, 5.41) is 1.80. The molecular weight excluding hydrogens is 437 g/mol. The van der Waals surface area contributed by atoms with Crippen molar-refractivity contribution in [2.24, 2.45) is 4.99 Å². The van der Waals surface area contributed by atoms with Gasteiger partial charge in [-0.1, -0.05) is 77.0 Å². The standard InChI is InChI=1S/C23H13Cl2N3OS/c24-16-8-6-14(7-9-16)12-19-22(29)28(21(26-19)15-4-2-1-3-5-15)23-27-18-13-17(25)10-11-20(18)30-23/h1-13H/b19-12-. The molecule has 0 radical (unpaired) electrons. The third-order valence-electron chi connectivity index (χ3n) is 4.60. The Kier molecular flexibility index (Phi) is 4.87. The number of rotatable bonds is 3. The highest BCUT2D eigenvalue weighted by atomic mass is 35.5. The highest BCUT2D eigenvalue weighted by Crippen LogP contribution is 2.35. The van der Waals surface area contributed by atoms with Crippen molar-refractivity contribution in [1.29, 1.82) is 0 Å². The van der Waals surface area contributed by atoms with E-state index in [1.54, 1.807) is 29.2 Å². The second kappa shape index (κ2) is 7.69. The number of amidine groups is 1. The maximum Gasteiger partial charge on any atom is 0.284 e. The summed E-state index contributed by atoms with van der Waals surface area (Å²) in [6.45, 7) is 0. The van der Waals surface area contributed by atoms with Gasteiger partial charge in [-0.05, 0) is 42.0 Å². The van der Waals surface area contributed by atoms with Gasteiger partial charge in [0.05, 0.1) is 10.2 Å². The quantitative estimate of drug-likeness (QED) is 0.338. The minimum atomic E-state index is -0.228. The maximum absolute atomic E-state index is 13.4. The van der Waals surface area contributed by atoms with E-state index in [1.165, 1.54) is 11.3 Å². The summed E-state index contributed by atoms with van der Waals surface area (Å²) in [5.74, 6) is 0.319. The van der Waals surface area contributed by atoms with Crippen molar-refractivity contribution in [3.05, 3.63) is 99.7 Å². The fraction of sp³-hybridized carbons (Fsp3) is 0. The van der Waals surface area contributed by atoms with Crippen LogP contribution in [0.25, 0.3) is 16.3 Å². The largest absolute Gasteiger partial charge is 0.284 e. The van der Waals surface area contributed by atoms with Crippen molar-refractivity contribution in [2.75, 3.05) is 4.90 Å². The normalized spacial score (nSPS) is 15.3. The third-order valence-corrected chi connectivity index (χ3v) is 6.10. The van der Waals surface area contributed by atoms with Gasteiger partial charge in [-0.3, -0.25) is 4.79 Å². The molecule has 2 heterocycles. The Bertz CT molecular complexity index is 1330. The molecular formula is C23H13Cl2N3OS. The van der Waals surface area contributed by atoms with E-state index in [0.717, 1.165) is 21.3 Å². The minimum Gasteiger partial charge on any atom is -0.266 e. The molecule has 30 heavy (non-hydrogen) atoms. The Morgan fingerprint density at radius 2 is 1.63 bits per heavy atom. The molecule has 1 aliphatic heterocycles. The minimum absolute atomic E-state index is 0.228. The number of amides is 1. The Morgan fingerprint density at radius 1 is 0.900 bits per heavy atom. The number of nitrogens with zero attached hydrogens (tertiary/aromatic N) is 3.